The van der Waals surface area contributed by atoms with Crippen LogP contribution in [0.1, 0.15) is 17.5 Å². The van der Waals surface area contributed by atoms with Gasteiger partial charge in [0.25, 0.3) is 0 Å². The van der Waals surface area contributed by atoms with Gasteiger partial charge in [-0.2, -0.15) is 0 Å². The third-order valence-electron chi connectivity index (χ3n) is 2.96. The molecule has 1 nitrogen and oxygen atoms in total. The Morgan fingerprint density at radius 3 is 2.81 bits per heavy atom. The average molecular weight is 226 g/mol. The molecule has 0 aromatic heterocycles. The van der Waals surface area contributed by atoms with Gasteiger partial charge in [0.15, 0.2) is 0 Å². The summed E-state index contributed by atoms with van der Waals surface area (Å²) in [5, 5.41) is 2.45. The normalized spacial score (nSPS) is 13.9. The van der Waals surface area contributed by atoms with Crippen molar-refractivity contribution in [2.45, 2.75) is 6.42 Å². The van der Waals surface area contributed by atoms with Crippen LogP contribution in [-0.2, 0) is 11.3 Å². The zero-order valence-electron chi connectivity index (χ0n) is 8.64. The predicted molar refractivity (Wildman–Crippen MR) is 69.9 cm³/mol. The van der Waals surface area contributed by atoms with E-state index in [1.165, 1.54) is 16.3 Å². The molecule has 0 aliphatic heterocycles. The molecular formula is C14H10OS. The monoisotopic (exact) mass is 226 g/mol. The molecule has 0 spiro atoms. The maximum absolute atomic E-state index is 11.0. The molecule has 78 valence electrons. The Morgan fingerprint density at radius 1 is 1.06 bits per heavy atom. The fraction of sp³-hybridized carbons (Fsp3) is 0.0714. The molecule has 1 aliphatic rings. The zero-order valence-corrected chi connectivity index (χ0v) is 9.46. The van der Waals surface area contributed by atoms with Crippen molar-refractivity contribution in [2.75, 3.05) is 0 Å². The van der Waals surface area contributed by atoms with Crippen molar-refractivity contribution < 1.29 is 4.21 Å². The van der Waals surface area contributed by atoms with Gasteiger partial charge >= 0.3 is 0 Å². The summed E-state index contributed by atoms with van der Waals surface area (Å²) in [6, 6.07) is 12.4. The third-order valence-corrected chi connectivity index (χ3v) is 3.55. The maximum atomic E-state index is 11.0. The maximum Gasteiger partial charge on any atom is 0.0930 e. The van der Waals surface area contributed by atoms with E-state index in [9.17, 15) is 4.21 Å². The molecule has 0 heterocycles. The fourth-order valence-electron chi connectivity index (χ4n) is 2.19. The average Bonchev–Trinajstić information content (AvgIpc) is 2.37. The molecule has 2 aromatic rings. The van der Waals surface area contributed by atoms with Gasteiger partial charge < -0.3 is 0 Å². The van der Waals surface area contributed by atoms with E-state index in [1.807, 2.05) is 12.1 Å². The van der Waals surface area contributed by atoms with E-state index in [4.69, 9.17) is 0 Å². The van der Waals surface area contributed by atoms with E-state index in [-0.39, 0.29) is 0 Å². The van der Waals surface area contributed by atoms with E-state index in [2.05, 4.69) is 36.4 Å². The van der Waals surface area contributed by atoms with Gasteiger partial charge in [0.1, 0.15) is 0 Å². The highest BCUT2D eigenvalue weighted by Crippen LogP contribution is 2.27. The first-order valence-electron chi connectivity index (χ1n) is 5.24. The third kappa shape index (κ3) is 1.34. The van der Waals surface area contributed by atoms with Crippen LogP contribution in [0.25, 0.3) is 16.8 Å². The lowest BCUT2D eigenvalue weighted by molar-refractivity contribution is 0.701. The molecule has 0 saturated carbocycles. The van der Waals surface area contributed by atoms with Gasteiger partial charge in [0, 0.05) is 6.42 Å². The summed E-state index contributed by atoms with van der Waals surface area (Å²) in [7, 11) is 0. The van der Waals surface area contributed by atoms with E-state index in [0.717, 1.165) is 16.8 Å². The number of benzene rings is 2. The molecular weight excluding hydrogens is 216 g/mol. The SMILES string of the molecule is O=S=C1CC=Cc2c1ccc1ccccc21. The van der Waals surface area contributed by atoms with Gasteiger partial charge in [0.05, 0.1) is 16.1 Å². The standard InChI is InChI=1S/C14H10OS/c15-16-14-7-3-6-12-11-5-2-1-4-10(11)8-9-13(12)14/h1-6,8-9H,7H2. The smallest absolute Gasteiger partial charge is 0.0930 e. The van der Waals surface area contributed by atoms with Crippen LogP contribution in [0.4, 0.5) is 0 Å². The van der Waals surface area contributed by atoms with Crippen LogP contribution in [0.3, 0.4) is 0 Å². The molecule has 2 aromatic carbocycles. The second-order valence-electron chi connectivity index (χ2n) is 3.86. The first kappa shape index (κ1) is 9.55. The predicted octanol–water partition coefficient (Wildman–Crippen LogP) is 2.99. The van der Waals surface area contributed by atoms with Crippen molar-refractivity contribution >= 4 is 33.0 Å². The van der Waals surface area contributed by atoms with Crippen LogP contribution < -0.4 is 0 Å². The lowest BCUT2D eigenvalue weighted by atomic mass is 9.92. The van der Waals surface area contributed by atoms with E-state index < -0.39 is 0 Å². The summed E-state index contributed by atoms with van der Waals surface area (Å²) in [5.41, 5.74) is 2.28. The van der Waals surface area contributed by atoms with Gasteiger partial charge in [-0.25, -0.2) is 4.21 Å². The van der Waals surface area contributed by atoms with Crippen molar-refractivity contribution in [1.82, 2.24) is 0 Å². The van der Waals surface area contributed by atoms with Crippen LogP contribution in [0.15, 0.2) is 42.5 Å². The Kier molecular flexibility index (Phi) is 2.22. The summed E-state index contributed by atoms with van der Waals surface area (Å²) in [4.78, 5) is 0.920. The van der Waals surface area contributed by atoms with Crippen molar-refractivity contribution in [2.24, 2.45) is 0 Å². The van der Waals surface area contributed by atoms with Gasteiger partial charge in [-0.1, -0.05) is 48.6 Å². The minimum absolute atomic E-state index is 0.612. The number of rotatable bonds is 0. The number of hydrogen-bond donors (Lipinski definition) is 0. The Bertz CT molecular complexity index is 649. The Morgan fingerprint density at radius 2 is 1.94 bits per heavy atom. The Labute approximate surface area is 97.5 Å². The highest BCUT2D eigenvalue weighted by Gasteiger charge is 2.12. The molecule has 0 saturated heterocycles. The number of fused-ring (bicyclic) bond motifs is 3. The Hall–Kier alpha value is -1.67. The molecule has 0 amide bonds. The van der Waals surface area contributed by atoms with Crippen LogP contribution >= 0.6 is 0 Å². The molecule has 0 N–H and O–H groups in total. The van der Waals surface area contributed by atoms with Crippen molar-refractivity contribution in [1.29, 1.82) is 0 Å². The van der Waals surface area contributed by atoms with E-state index in [0.29, 0.717) is 11.3 Å². The van der Waals surface area contributed by atoms with Crippen LogP contribution in [0, 0.1) is 0 Å². The molecule has 0 atom stereocenters. The summed E-state index contributed by atoms with van der Waals surface area (Å²) in [6.07, 6.45) is 4.95. The number of allylic oxidation sites excluding steroid dienone is 1. The van der Waals surface area contributed by atoms with Crippen LogP contribution in [0.5, 0.6) is 0 Å². The van der Waals surface area contributed by atoms with Gasteiger partial charge in [-0.3, -0.25) is 0 Å². The van der Waals surface area contributed by atoms with Crippen molar-refractivity contribution in [3.63, 3.8) is 0 Å². The number of hydrogen-bond acceptors (Lipinski definition) is 1. The van der Waals surface area contributed by atoms with Gasteiger partial charge in [0.2, 0.25) is 0 Å². The summed E-state index contributed by atoms with van der Waals surface area (Å²) >= 11 is 0.612. The largest absolute Gasteiger partial charge is 0.212 e. The van der Waals surface area contributed by atoms with Crippen molar-refractivity contribution in [3.8, 4) is 0 Å². The molecule has 0 radical (unpaired) electrons. The van der Waals surface area contributed by atoms with E-state index >= 15 is 0 Å². The molecule has 3 rings (SSSR count). The minimum atomic E-state index is 0.612. The van der Waals surface area contributed by atoms with Crippen molar-refractivity contribution in [3.05, 3.63) is 53.6 Å². The molecule has 2 heteroatoms. The summed E-state index contributed by atoms with van der Waals surface area (Å²) in [5.74, 6) is 0. The zero-order chi connectivity index (χ0) is 11.0. The quantitative estimate of drug-likeness (QED) is 0.631. The molecule has 1 aliphatic carbocycles. The molecule has 0 bridgehead atoms. The molecule has 16 heavy (non-hydrogen) atoms. The molecule has 0 fully saturated rings. The highest BCUT2D eigenvalue weighted by molar-refractivity contribution is 7.67. The lowest BCUT2D eigenvalue weighted by Crippen LogP contribution is -2.05. The van der Waals surface area contributed by atoms with Crippen LogP contribution in [0.2, 0.25) is 0 Å². The topological polar surface area (TPSA) is 17.1 Å². The summed E-state index contributed by atoms with van der Waals surface area (Å²) in [6.45, 7) is 0. The second kappa shape index (κ2) is 3.72. The first-order valence-corrected chi connectivity index (χ1v) is 5.98. The van der Waals surface area contributed by atoms with Gasteiger partial charge in [-0.15, -0.1) is 0 Å². The summed E-state index contributed by atoms with van der Waals surface area (Å²) < 4.78 is 11.0. The first-order chi connectivity index (χ1) is 7.90. The van der Waals surface area contributed by atoms with E-state index in [1.54, 1.807) is 0 Å². The Balaban J connectivity index is 2.44. The highest BCUT2D eigenvalue weighted by atomic mass is 32.1. The fourth-order valence-corrected chi connectivity index (χ4v) is 2.62. The second-order valence-corrected chi connectivity index (χ2v) is 4.52. The lowest BCUT2D eigenvalue weighted by Gasteiger charge is -2.13. The van der Waals surface area contributed by atoms with Gasteiger partial charge in [-0.05, 0) is 21.9 Å². The van der Waals surface area contributed by atoms with Crippen LogP contribution in [-0.4, -0.2) is 9.07 Å². The minimum Gasteiger partial charge on any atom is -0.212 e. The molecule has 0 unspecified atom stereocenters.